The summed E-state index contributed by atoms with van der Waals surface area (Å²) in [6, 6.07) is 4.38. The third-order valence-electron chi connectivity index (χ3n) is 3.66. The summed E-state index contributed by atoms with van der Waals surface area (Å²) in [5.74, 6) is -2.49. The molecule has 10 nitrogen and oxygen atoms in total. The van der Waals surface area contributed by atoms with Gasteiger partial charge < -0.3 is 39.7 Å². The zero-order valence-electron chi connectivity index (χ0n) is 13.6. The fourth-order valence-electron chi connectivity index (χ4n) is 2.33. The Labute approximate surface area is 147 Å². The molecule has 10 heteroatoms. The van der Waals surface area contributed by atoms with Gasteiger partial charge in [-0.15, -0.1) is 0 Å². The van der Waals surface area contributed by atoms with Crippen LogP contribution in [0.2, 0.25) is 0 Å². The van der Waals surface area contributed by atoms with Crippen LogP contribution in [0.3, 0.4) is 0 Å². The van der Waals surface area contributed by atoms with Crippen LogP contribution in [-0.4, -0.2) is 75.3 Å². The fourth-order valence-corrected chi connectivity index (χ4v) is 2.33. The van der Waals surface area contributed by atoms with Gasteiger partial charge in [0.1, 0.15) is 18.3 Å². The number of carbonyl (C=O) groups is 2. The predicted octanol–water partition coefficient (Wildman–Crippen LogP) is -0.936. The minimum absolute atomic E-state index is 0.0109. The first kappa shape index (κ1) is 19.7. The van der Waals surface area contributed by atoms with Crippen LogP contribution < -0.4 is 9.47 Å². The van der Waals surface area contributed by atoms with Crippen molar-refractivity contribution in [3.63, 3.8) is 0 Å². The Balaban J connectivity index is 2.28. The van der Waals surface area contributed by atoms with Gasteiger partial charge in [-0.25, -0.2) is 9.59 Å². The average molecular weight is 370 g/mol. The van der Waals surface area contributed by atoms with Gasteiger partial charge in [-0.1, -0.05) is 6.07 Å². The average Bonchev–Trinajstić information content (AvgIpc) is 2.60. The topological polar surface area (TPSA) is 163 Å². The smallest absolute Gasteiger partial charge is 0.335 e. The molecule has 0 spiro atoms. The number of carboxylic acid groups (broad SMARTS) is 2. The Morgan fingerprint density at radius 3 is 2.35 bits per heavy atom. The normalized spacial score (nSPS) is 28.7. The van der Waals surface area contributed by atoms with Gasteiger partial charge in [0, 0.05) is 6.08 Å². The molecule has 5 atom stereocenters. The minimum Gasteiger partial charge on any atom is -0.493 e. The molecule has 5 N–H and O–H groups in total. The Kier molecular flexibility index (Phi) is 6.16. The van der Waals surface area contributed by atoms with Crippen molar-refractivity contribution in [2.24, 2.45) is 0 Å². The Bertz CT molecular complexity index is 700. The molecule has 0 aliphatic carbocycles. The summed E-state index contributed by atoms with van der Waals surface area (Å²) >= 11 is 0. The van der Waals surface area contributed by atoms with Gasteiger partial charge in [0.2, 0.25) is 6.29 Å². The third kappa shape index (κ3) is 4.29. The number of carboxylic acids is 2. The molecule has 1 fully saturated rings. The first-order chi connectivity index (χ1) is 12.2. The highest BCUT2D eigenvalue weighted by Crippen LogP contribution is 2.32. The molecule has 1 aromatic carbocycles. The van der Waals surface area contributed by atoms with Gasteiger partial charge in [0.05, 0.1) is 7.11 Å². The first-order valence-corrected chi connectivity index (χ1v) is 7.42. The summed E-state index contributed by atoms with van der Waals surface area (Å²) in [6.07, 6.45) is -6.61. The van der Waals surface area contributed by atoms with Crippen LogP contribution in [0, 0.1) is 0 Å². The van der Waals surface area contributed by atoms with E-state index in [1.165, 1.54) is 25.3 Å². The van der Waals surface area contributed by atoms with E-state index in [-0.39, 0.29) is 11.5 Å². The van der Waals surface area contributed by atoms with Gasteiger partial charge in [-0.2, -0.15) is 0 Å². The van der Waals surface area contributed by atoms with E-state index >= 15 is 0 Å². The highest BCUT2D eigenvalue weighted by molar-refractivity contribution is 5.85. The summed E-state index contributed by atoms with van der Waals surface area (Å²) in [6.45, 7) is 0. The minimum atomic E-state index is -1.84. The number of benzene rings is 1. The summed E-state index contributed by atoms with van der Waals surface area (Å²) in [4.78, 5) is 21.7. The molecule has 1 aliphatic rings. The van der Waals surface area contributed by atoms with Crippen LogP contribution in [0.15, 0.2) is 24.3 Å². The van der Waals surface area contributed by atoms with E-state index in [4.69, 9.17) is 24.4 Å². The maximum atomic E-state index is 11.1. The molecule has 0 saturated carbocycles. The zero-order valence-corrected chi connectivity index (χ0v) is 13.6. The molecule has 1 aromatic rings. The third-order valence-corrected chi connectivity index (χ3v) is 3.66. The maximum absolute atomic E-state index is 11.1. The monoisotopic (exact) mass is 370 g/mol. The van der Waals surface area contributed by atoms with Gasteiger partial charge in [0.15, 0.2) is 17.6 Å². The number of aliphatic hydroxyl groups excluding tert-OH is 3. The van der Waals surface area contributed by atoms with E-state index in [0.29, 0.717) is 5.56 Å². The van der Waals surface area contributed by atoms with Crippen molar-refractivity contribution in [3.8, 4) is 11.5 Å². The quantitative estimate of drug-likeness (QED) is 0.395. The summed E-state index contributed by atoms with van der Waals surface area (Å²) in [5, 5.41) is 47.2. The number of rotatable bonds is 6. The van der Waals surface area contributed by atoms with Crippen LogP contribution in [0.25, 0.3) is 6.08 Å². The van der Waals surface area contributed by atoms with Crippen LogP contribution >= 0.6 is 0 Å². The lowest BCUT2D eigenvalue weighted by molar-refractivity contribution is -0.271. The number of aliphatic carboxylic acids is 2. The lowest BCUT2D eigenvalue weighted by atomic mass is 9.99. The molecule has 2 rings (SSSR count). The Morgan fingerprint density at radius 1 is 1.08 bits per heavy atom. The van der Waals surface area contributed by atoms with Crippen LogP contribution in [0.1, 0.15) is 5.56 Å². The molecule has 1 aliphatic heterocycles. The molecule has 26 heavy (non-hydrogen) atoms. The lowest BCUT2D eigenvalue weighted by Crippen LogP contribution is -2.61. The van der Waals surface area contributed by atoms with E-state index in [9.17, 15) is 24.9 Å². The van der Waals surface area contributed by atoms with E-state index in [0.717, 1.165) is 6.08 Å². The van der Waals surface area contributed by atoms with E-state index in [1.54, 1.807) is 6.07 Å². The number of ether oxygens (including phenoxy) is 3. The highest BCUT2D eigenvalue weighted by Gasteiger charge is 2.48. The molecule has 1 heterocycles. The molecular formula is C16H18O10. The van der Waals surface area contributed by atoms with Crippen LogP contribution in [-0.2, 0) is 14.3 Å². The highest BCUT2D eigenvalue weighted by atomic mass is 16.7. The Hall–Kier alpha value is -2.66. The first-order valence-electron chi connectivity index (χ1n) is 7.42. The fraction of sp³-hybridized carbons (Fsp3) is 0.375. The predicted molar refractivity (Wildman–Crippen MR) is 84.6 cm³/mol. The van der Waals surface area contributed by atoms with Gasteiger partial charge in [-0.3, -0.25) is 0 Å². The van der Waals surface area contributed by atoms with E-state index < -0.39 is 42.6 Å². The van der Waals surface area contributed by atoms with Crippen molar-refractivity contribution in [1.82, 2.24) is 0 Å². The molecule has 142 valence electrons. The van der Waals surface area contributed by atoms with Crippen LogP contribution in [0.5, 0.6) is 11.5 Å². The number of methoxy groups -OCH3 is 1. The second-order valence-electron chi connectivity index (χ2n) is 5.43. The van der Waals surface area contributed by atoms with Crippen LogP contribution in [0.4, 0.5) is 0 Å². The number of aliphatic hydroxyl groups is 3. The molecule has 0 radical (unpaired) electrons. The Morgan fingerprint density at radius 2 is 1.77 bits per heavy atom. The molecule has 1 saturated heterocycles. The van der Waals surface area contributed by atoms with Crippen molar-refractivity contribution in [1.29, 1.82) is 0 Å². The SMILES string of the molecule is COc1ccc(/C=C/C(=O)O)cc1OC1O[C@H](C(=O)O)[C@@H](O)[C@H](O)[C@H]1O. The van der Waals surface area contributed by atoms with E-state index in [2.05, 4.69) is 0 Å². The van der Waals surface area contributed by atoms with Crippen molar-refractivity contribution in [2.75, 3.05) is 7.11 Å². The molecule has 1 unspecified atom stereocenters. The van der Waals surface area contributed by atoms with Crippen molar-refractivity contribution in [3.05, 3.63) is 29.8 Å². The van der Waals surface area contributed by atoms with Crippen molar-refractivity contribution < 1.29 is 49.3 Å². The maximum Gasteiger partial charge on any atom is 0.335 e. The second-order valence-corrected chi connectivity index (χ2v) is 5.43. The van der Waals surface area contributed by atoms with E-state index in [1.807, 2.05) is 0 Å². The molecule has 0 bridgehead atoms. The number of hydrogen-bond acceptors (Lipinski definition) is 8. The molecule has 0 amide bonds. The van der Waals surface area contributed by atoms with Crippen molar-refractivity contribution in [2.45, 2.75) is 30.7 Å². The largest absolute Gasteiger partial charge is 0.493 e. The summed E-state index contributed by atoms with van der Waals surface area (Å²) in [7, 11) is 1.34. The van der Waals surface area contributed by atoms with Crippen molar-refractivity contribution >= 4 is 18.0 Å². The standard InChI is InChI=1S/C16H18O10/c1-24-8-4-2-7(3-5-10(17)18)6-9(8)25-16-13(21)11(19)12(20)14(26-16)15(22)23/h2-6,11-14,16,19-21H,1H3,(H,17,18)(H,22,23)/b5-3+/t11-,12-,13+,14-,16?/m0/s1. The van der Waals surface area contributed by atoms with Gasteiger partial charge >= 0.3 is 11.9 Å². The van der Waals surface area contributed by atoms with Gasteiger partial charge in [0.25, 0.3) is 0 Å². The van der Waals surface area contributed by atoms with Gasteiger partial charge in [-0.05, 0) is 23.8 Å². The molecule has 0 aromatic heterocycles. The number of hydrogen-bond donors (Lipinski definition) is 5. The second kappa shape index (κ2) is 8.15. The molecular weight excluding hydrogens is 352 g/mol. The summed E-state index contributed by atoms with van der Waals surface area (Å²) < 4.78 is 15.6. The summed E-state index contributed by atoms with van der Waals surface area (Å²) in [5.41, 5.74) is 0.420. The lowest BCUT2D eigenvalue weighted by Gasteiger charge is -2.38. The zero-order chi connectivity index (χ0) is 19.4.